The SMILES string of the molecule is CC1=NN(c2nc(-c3cccc(Br)c3)cs2)[C@H](c2ccccc2)C1. The zero-order chi connectivity index (χ0) is 16.5. The van der Waals surface area contributed by atoms with Gasteiger partial charge in [-0.15, -0.1) is 11.3 Å². The molecule has 0 spiro atoms. The molecule has 120 valence electrons. The summed E-state index contributed by atoms with van der Waals surface area (Å²) in [5.41, 5.74) is 4.52. The van der Waals surface area contributed by atoms with Crippen LogP contribution in [0.15, 0.2) is 69.6 Å². The maximum atomic E-state index is 4.83. The van der Waals surface area contributed by atoms with Crippen LogP contribution in [0.2, 0.25) is 0 Å². The highest BCUT2D eigenvalue weighted by molar-refractivity contribution is 9.10. The fourth-order valence-electron chi connectivity index (χ4n) is 2.92. The molecule has 2 aromatic carbocycles. The third kappa shape index (κ3) is 3.01. The van der Waals surface area contributed by atoms with Crippen molar-refractivity contribution in [3.63, 3.8) is 0 Å². The summed E-state index contributed by atoms with van der Waals surface area (Å²) in [4.78, 5) is 4.83. The Bertz CT molecular complexity index is 888. The van der Waals surface area contributed by atoms with Crippen LogP contribution in [0.1, 0.15) is 24.9 Å². The molecule has 0 fully saturated rings. The van der Waals surface area contributed by atoms with Crippen LogP contribution in [0.3, 0.4) is 0 Å². The number of rotatable bonds is 3. The highest BCUT2D eigenvalue weighted by atomic mass is 79.9. The largest absolute Gasteiger partial charge is 0.231 e. The first-order valence-electron chi connectivity index (χ1n) is 7.80. The topological polar surface area (TPSA) is 28.5 Å². The molecule has 0 aliphatic carbocycles. The number of aromatic nitrogens is 1. The number of anilines is 1. The van der Waals surface area contributed by atoms with Gasteiger partial charge in [0.05, 0.1) is 11.7 Å². The second-order valence-electron chi connectivity index (χ2n) is 5.84. The molecule has 0 radical (unpaired) electrons. The van der Waals surface area contributed by atoms with Gasteiger partial charge >= 0.3 is 0 Å². The molecule has 1 atom stereocenters. The highest BCUT2D eigenvalue weighted by Gasteiger charge is 2.29. The molecule has 1 aliphatic rings. The summed E-state index contributed by atoms with van der Waals surface area (Å²) in [7, 11) is 0. The van der Waals surface area contributed by atoms with Crippen LogP contribution < -0.4 is 5.01 Å². The molecular weight excluding hydrogens is 382 g/mol. The maximum absolute atomic E-state index is 4.83. The fraction of sp³-hybridized carbons (Fsp3) is 0.158. The van der Waals surface area contributed by atoms with E-state index in [2.05, 4.69) is 69.6 Å². The Hall–Kier alpha value is -1.98. The number of hydrazone groups is 1. The molecule has 24 heavy (non-hydrogen) atoms. The monoisotopic (exact) mass is 397 g/mol. The molecule has 0 N–H and O–H groups in total. The lowest BCUT2D eigenvalue weighted by molar-refractivity contribution is 0.706. The van der Waals surface area contributed by atoms with Crippen molar-refractivity contribution in [3.05, 3.63) is 70.0 Å². The average molecular weight is 398 g/mol. The normalized spacial score (nSPS) is 17.2. The first-order valence-corrected chi connectivity index (χ1v) is 9.48. The molecular formula is C19H16BrN3S. The Morgan fingerprint density at radius 1 is 1.12 bits per heavy atom. The molecule has 1 aromatic heterocycles. The van der Waals surface area contributed by atoms with Crippen molar-refractivity contribution < 1.29 is 0 Å². The van der Waals surface area contributed by atoms with Gasteiger partial charge in [0.25, 0.3) is 0 Å². The number of hydrogen-bond donors (Lipinski definition) is 0. The molecule has 3 nitrogen and oxygen atoms in total. The standard InChI is InChI=1S/C19H16BrN3S/c1-13-10-18(14-6-3-2-4-7-14)23(22-13)19-21-17(12-24-19)15-8-5-9-16(20)11-15/h2-9,11-12,18H,10H2,1H3/t18-/m0/s1. The van der Waals surface area contributed by atoms with Crippen LogP contribution in [0.5, 0.6) is 0 Å². The van der Waals surface area contributed by atoms with Gasteiger partial charge in [-0.3, -0.25) is 0 Å². The minimum atomic E-state index is 0.229. The molecule has 4 rings (SSSR count). The molecule has 3 aromatic rings. The van der Waals surface area contributed by atoms with Crippen LogP contribution in [0.25, 0.3) is 11.3 Å². The quantitative estimate of drug-likeness (QED) is 0.550. The van der Waals surface area contributed by atoms with Gasteiger partial charge in [0.2, 0.25) is 5.13 Å². The summed E-state index contributed by atoms with van der Waals surface area (Å²) in [6.07, 6.45) is 0.940. The second-order valence-corrected chi connectivity index (χ2v) is 7.59. The zero-order valence-electron chi connectivity index (χ0n) is 13.2. The third-order valence-electron chi connectivity index (χ3n) is 4.06. The van der Waals surface area contributed by atoms with Gasteiger partial charge in [-0.05, 0) is 24.6 Å². The van der Waals surface area contributed by atoms with E-state index in [9.17, 15) is 0 Å². The zero-order valence-corrected chi connectivity index (χ0v) is 15.6. The van der Waals surface area contributed by atoms with E-state index in [1.807, 2.05) is 18.2 Å². The summed E-state index contributed by atoms with van der Waals surface area (Å²) in [5, 5.41) is 9.84. The molecule has 0 saturated heterocycles. The fourth-order valence-corrected chi connectivity index (χ4v) is 4.15. The smallest absolute Gasteiger partial charge is 0.207 e. The lowest BCUT2D eigenvalue weighted by Gasteiger charge is -2.21. The summed E-state index contributed by atoms with van der Waals surface area (Å²) in [6.45, 7) is 2.08. The van der Waals surface area contributed by atoms with Gasteiger partial charge < -0.3 is 0 Å². The molecule has 2 heterocycles. The van der Waals surface area contributed by atoms with Crippen LogP contribution in [-0.2, 0) is 0 Å². The van der Waals surface area contributed by atoms with Crippen molar-refractivity contribution in [2.75, 3.05) is 5.01 Å². The Kier molecular flexibility index (Phi) is 4.21. The first kappa shape index (κ1) is 15.5. The van der Waals surface area contributed by atoms with E-state index < -0.39 is 0 Å². The van der Waals surface area contributed by atoms with Gasteiger partial charge in [-0.25, -0.2) is 9.99 Å². The highest BCUT2D eigenvalue weighted by Crippen LogP contribution is 2.38. The van der Waals surface area contributed by atoms with Gasteiger partial charge in [-0.1, -0.05) is 58.4 Å². The second kappa shape index (κ2) is 6.49. The lowest BCUT2D eigenvalue weighted by Crippen LogP contribution is -2.18. The van der Waals surface area contributed by atoms with E-state index >= 15 is 0 Å². The van der Waals surface area contributed by atoms with Crippen molar-refractivity contribution in [1.29, 1.82) is 0 Å². The van der Waals surface area contributed by atoms with E-state index in [1.165, 1.54) is 5.56 Å². The van der Waals surface area contributed by atoms with Crippen LogP contribution >= 0.6 is 27.3 Å². The van der Waals surface area contributed by atoms with Gasteiger partial charge in [0.15, 0.2) is 0 Å². The summed E-state index contributed by atoms with van der Waals surface area (Å²) < 4.78 is 1.06. The van der Waals surface area contributed by atoms with Gasteiger partial charge in [0.1, 0.15) is 0 Å². The molecule has 0 amide bonds. The molecule has 5 heteroatoms. The van der Waals surface area contributed by atoms with E-state index in [1.54, 1.807) is 11.3 Å². The summed E-state index contributed by atoms with van der Waals surface area (Å²) in [6, 6.07) is 19.0. The Morgan fingerprint density at radius 3 is 2.75 bits per heavy atom. The van der Waals surface area contributed by atoms with Crippen molar-refractivity contribution in [3.8, 4) is 11.3 Å². The molecule has 0 bridgehead atoms. The van der Waals surface area contributed by atoms with Crippen molar-refractivity contribution in [1.82, 2.24) is 4.98 Å². The third-order valence-corrected chi connectivity index (χ3v) is 5.38. The Labute approximate surface area is 153 Å². The number of nitrogens with zero attached hydrogens (tertiary/aromatic N) is 3. The van der Waals surface area contributed by atoms with Crippen LogP contribution in [-0.4, -0.2) is 10.7 Å². The van der Waals surface area contributed by atoms with E-state index in [4.69, 9.17) is 10.1 Å². The van der Waals surface area contributed by atoms with E-state index in [-0.39, 0.29) is 6.04 Å². The van der Waals surface area contributed by atoms with Crippen molar-refractivity contribution >= 4 is 38.1 Å². The van der Waals surface area contributed by atoms with Crippen LogP contribution in [0.4, 0.5) is 5.13 Å². The summed E-state index contributed by atoms with van der Waals surface area (Å²) >= 11 is 5.16. The van der Waals surface area contributed by atoms with Crippen molar-refractivity contribution in [2.45, 2.75) is 19.4 Å². The molecule has 0 unspecified atom stereocenters. The Morgan fingerprint density at radius 2 is 1.96 bits per heavy atom. The minimum absolute atomic E-state index is 0.229. The lowest BCUT2D eigenvalue weighted by atomic mass is 10.0. The van der Waals surface area contributed by atoms with E-state index in [0.717, 1.165) is 33.0 Å². The molecule has 1 aliphatic heterocycles. The average Bonchev–Trinajstić information content (AvgIpc) is 3.22. The van der Waals surface area contributed by atoms with Gasteiger partial charge in [0, 0.05) is 27.5 Å². The Balaban J connectivity index is 1.67. The van der Waals surface area contributed by atoms with Crippen LogP contribution in [0, 0.1) is 0 Å². The van der Waals surface area contributed by atoms with Crippen molar-refractivity contribution in [2.24, 2.45) is 5.10 Å². The van der Waals surface area contributed by atoms with Gasteiger partial charge in [-0.2, -0.15) is 5.10 Å². The predicted molar refractivity (Wildman–Crippen MR) is 105 cm³/mol. The van der Waals surface area contributed by atoms with E-state index in [0.29, 0.717) is 0 Å². The predicted octanol–water partition coefficient (Wildman–Crippen LogP) is 5.90. The number of hydrogen-bond acceptors (Lipinski definition) is 4. The minimum Gasteiger partial charge on any atom is -0.231 e. The summed E-state index contributed by atoms with van der Waals surface area (Å²) in [5.74, 6) is 0. The number of thiazole rings is 1. The first-order chi connectivity index (χ1) is 11.7. The molecule has 0 saturated carbocycles. The number of benzene rings is 2. The maximum Gasteiger partial charge on any atom is 0.207 e. The number of halogens is 1.